The van der Waals surface area contributed by atoms with E-state index in [9.17, 15) is 5.11 Å². The number of hydrogen-bond acceptors (Lipinski definition) is 2. The molecule has 0 unspecified atom stereocenters. The van der Waals surface area contributed by atoms with Gasteiger partial charge in [-0.3, -0.25) is 0 Å². The molecule has 1 atom stereocenters. The van der Waals surface area contributed by atoms with Crippen molar-refractivity contribution in [3.05, 3.63) is 46.6 Å². The third-order valence-corrected chi connectivity index (χ3v) is 2.44. The molecule has 0 spiro atoms. The van der Waals surface area contributed by atoms with Crippen LogP contribution in [0.4, 0.5) is 0 Å². The summed E-state index contributed by atoms with van der Waals surface area (Å²) in [4.78, 5) is 0. The predicted octanol–water partition coefficient (Wildman–Crippen LogP) is 3.03. The highest BCUT2D eigenvalue weighted by Crippen LogP contribution is 2.23. The topological polar surface area (TPSA) is 29.5 Å². The van der Waals surface area contributed by atoms with Gasteiger partial charge in [0.1, 0.15) is 0 Å². The quantitative estimate of drug-likeness (QED) is 0.840. The fourth-order valence-corrected chi connectivity index (χ4v) is 1.55. The van der Waals surface area contributed by atoms with Crippen LogP contribution in [0.3, 0.4) is 0 Å². The number of halogens is 1. The minimum Gasteiger partial charge on any atom is -0.502 e. The first kappa shape index (κ1) is 11.3. The number of methoxy groups -OCH3 is 1. The summed E-state index contributed by atoms with van der Waals surface area (Å²) in [6.07, 6.45) is -0.132. The van der Waals surface area contributed by atoms with Crippen LogP contribution in [0.15, 0.2) is 41.1 Å². The van der Waals surface area contributed by atoms with Gasteiger partial charge in [-0.1, -0.05) is 34.6 Å². The predicted molar refractivity (Wildman–Crippen MR) is 59.9 cm³/mol. The molecule has 1 rings (SSSR count). The van der Waals surface area contributed by atoms with Crippen molar-refractivity contribution in [2.75, 3.05) is 7.11 Å². The van der Waals surface area contributed by atoms with Crippen LogP contribution in [0.5, 0.6) is 0 Å². The minimum atomic E-state index is -0.556. The van der Waals surface area contributed by atoms with Crippen LogP contribution in [0.2, 0.25) is 0 Å². The van der Waals surface area contributed by atoms with Gasteiger partial charge in [-0.2, -0.15) is 0 Å². The summed E-state index contributed by atoms with van der Waals surface area (Å²) in [5, 5.41) is 9.78. The SMILES string of the molecule is C=C(C[C@H](O)c1cccc(Br)c1)OC. The van der Waals surface area contributed by atoms with Gasteiger partial charge in [-0.15, -0.1) is 0 Å². The van der Waals surface area contributed by atoms with Crippen LogP contribution in [0, 0.1) is 0 Å². The third-order valence-electron chi connectivity index (χ3n) is 1.94. The van der Waals surface area contributed by atoms with E-state index >= 15 is 0 Å². The van der Waals surface area contributed by atoms with E-state index in [2.05, 4.69) is 22.5 Å². The average molecular weight is 257 g/mol. The molecule has 0 bridgehead atoms. The highest BCUT2D eigenvalue weighted by atomic mass is 79.9. The van der Waals surface area contributed by atoms with Gasteiger partial charge < -0.3 is 9.84 Å². The number of aliphatic hydroxyl groups excluding tert-OH is 1. The van der Waals surface area contributed by atoms with E-state index in [0.717, 1.165) is 10.0 Å². The Morgan fingerprint density at radius 3 is 2.93 bits per heavy atom. The summed E-state index contributed by atoms with van der Waals surface area (Å²) >= 11 is 3.35. The van der Waals surface area contributed by atoms with Crippen molar-refractivity contribution in [3.63, 3.8) is 0 Å². The Balaban J connectivity index is 2.69. The van der Waals surface area contributed by atoms with Gasteiger partial charge >= 0.3 is 0 Å². The van der Waals surface area contributed by atoms with Crippen LogP contribution in [0.25, 0.3) is 0 Å². The molecule has 0 amide bonds. The Labute approximate surface area is 92.3 Å². The highest BCUT2D eigenvalue weighted by Gasteiger charge is 2.09. The van der Waals surface area contributed by atoms with Crippen molar-refractivity contribution in [3.8, 4) is 0 Å². The van der Waals surface area contributed by atoms with Gasteiger partial charge in [0.25, 0.3) is 0 Å². The molecule has 0 aliphatic carbocycles. The molecule has 0 saturated heterocycles. The average Bonchev–Trinajstić information content (AvgIpc) is 2.17. The van der Waals surface area contributed by atoms with E-state index in [0.29, 0.717) is 12.2 Å². The number of aliphatic hydroxyl groups is 1. The van der Waals surface area contributed by atoms with Crippen molar-refractivity contribution in [2.24, 2.45) is 0 Å². The van der Waals surface area contributed by atoms with E-state index in [1.165, 1.54) is 0 Å². The van der Waals surface area contributed by atoms with Crippen molar-refractivity contribution in [1.29, 1.82) is 0 Å². The zero-order valence-corrected chi connectivity index (χ0v) is 9.62. The minimum absolute atomic E-state index is 0.424. The summed E-state index contributed by atoms with van der Waals surface area (Å²) in [6.45, 7) is 3.67. The zero-order valence-electron chi connectivity index (χ0n) is 8.03. The molecule has 0 radical (unpaired) electrons. The van der Waals surface area contributed by atoms with Crippen molar-refractivity contribution < 1.29 is 9.84 Å². The summed E-state index contributed by atoms with van der Waals surface area (Å²) < 4.78 is 5.86. The van der Waals surface area contributed by atoms with E-state index in [1.807, 2.05) is 24.3 Å². The Hall–Kier alpha value is -0.800. The monoisotopic (exact) mass is 256 g/mol. The van der Waals surface area contributed by atoms with E-state index in [4.69, 9.17) is 4.74 Å². The lowest BCUT2D eigenvalue weighted by Gasteiger charge is -2.12. The van der Waals surface area contributed by atoms with Crippen molar-refractivity contribution >= 4 is 15.9 Å². The summed E-state index contributed by atoms with van der Waals surface area (Å²) in [5.74, 6) is 0.581. The Bertz CT molecular complexity index is 323. The van der Waals surface area contributed by atoms with Crippen LogP contribution in [-0.2, 0) is 4.74 Å². The van der Waals surface area contributed by atoms with Gasteiger partial charge in [-0.25, -0.2) is 0 Å². The molecule has 0 heterocycles. The molecule has 2 nitrogen and oxygen atoms in total. The van der Waals surface area contributed by atoms with Crippen LogP contribution in [0.1, 0.15) is 18.1 Å². The molecule has 0 fully saturated rings. The number of benzene rings is 1. The van der Waals surface area contributed by atoms with Crippen LogP contribution < -0.4 is 0 Å². The molecule has 0 aromatic heterocycles. The maximum atomic E-state index is 9.78. The maximum Gasteiger partial charge on any atom is 0.0913 e. The summed E-state index contributed by atoms with van der Waals surface area (Å²) in [7, 11) is 1.55. The number of ether oxygens (including phenoxy) is 1. The Morgan fingerprint density at radius 2 is 2.36 bits per heavy atom. The normalized spacial score (nSPS) is 12.2. The molecule has 0 saturated carbocycles. The van der Waals surface area contributed by atoms with Gasteiger partial charge in [0.2, 0.25) is 0 Å². The van der Waals surface area contributed by atoms with Crippen LogP contribution >= 0.6 is 15.9 Å². The molecule has 0 aliphatic heterocycles. The molecule has 1 aromatic rings. The number of rotatable bonds is 4. The Morgan fingerprint density at radius 1 is 1.64 bits per heavy atom. The molecular formula is C11H13BrO2. The van der Waals surface area contributed by atoms with Gasteiger partial charge in [-0.05, 0) is 17.7 Å². The van der Waals surface area contributed by atoms with Gasteiger partial charge in [0, 0.05) is 10.9 Å². The lowest BCUT2D eigenvalue weighted by Crippen LogP contribution is -1.99. The molecule has 1 N–H and O–H groups in total. The van der Waals surface area contributed by atoms with E-state index in [-0.39, 0.29) is 0 Å². The zero-order chi connectivity index (χ0) is 10.6. The van der Waals surface area contributed by atoms with Crippen LogP contribution in [-0.4, -0.2) is 12.2 Å². The smallest absolute Gasteiger partial charge is 0.0913 e. The lowest BCUT2D eigenvalue weighted by atomic mass is 10.1. The molecule has 0 aliphatic rings. The Kier molecular flexibility index (Phi) is 4.17. The molecule has 1 aromatic carbocycles. The molecule has 76 valence electrons. The lowest BCUT2D eigenvalue weighted by molar-refractivity contribution is 0.149. The first-order chi connectivity index (χ1) is 6.63. The first-order valence-corrected chi connectivity index (χ1v) is 5.08. The number of hydrogen-bond donors (Lipinski definition) is 1. The second kappa shape index (κ2) is 5.17. The second-order valence-corrected chi connectivity index (χ2v) is 3.93. The fraction of sp³-hybridized carbons (Fsp3) is 0.273. The fourth-order valence-electron chi connectivity index (χ4n) is 1.13. The molecular weight excluding hydrogens is 244 g/mol. The second-order valence-electron chi connectivity index (χ2n) is 3.02. The van der Waals surface area contributed by atoms with Gasteiger partial charge in [0.15, 0.2) is 0 Å². The molecule has 3 heteroatoms. The summed E-state index contributed by atoms with van der Waals surface area (Å²) in [5.41, 5.74) is 0.859. The first-order valence-electron chi connectivity index (χ1n) is 4.28. The molecule has 14 heavy (non-hydrogen) atoms. The standard InChI is InChI=1S/C11H13BrO2/c1-8(14-2)6-11(13)9-4-3-5-10(12)7-9/h3-5,7,11,13H,1,6H2,2H3/t11-/m0/s1. The third kappa shape index (κ3) is 3.16. The van der Waals surface area contributed by atoms with Crippen molar-refractivity contribution in [2.45, 2.75) is 12.5 Å². The van der Waals surface area contributed by atoms with Gasteiger partial charge in [0.05, 0.1) is 19.0 Å². The maximum absolute atomic E-state index is 9.78. The highest BCUT2D eigenvalue weighted by molar-refractivity contribution is 9.10. The van der Waals surface area contributed by atoms with E-state index < -0.39 is 6.10 Å². The van der Waals surface area contributed by atoms with E-state index in [1.54, 1.807) is 7.11 Å². The largest absolute Gasteiger partial charge is 0.502 e. The summed E-state index contributed by atoms with van der Waals surface area (Å²) in [6, 6.07) is 7.56. The van der Waals surface area contributed by atoms with Crippen molar-refractivity contribution in [1.82, 2.24) is 0 Å².